The highest BCUT2D eigenvalue weighted by Gasteiger charge is 2.26. The minimum absolute atomic E-state index is 0.0600. The van der Waals surface area contributed by atoms with Gasteiger partial charge in [0.25, 0.3) is 0 Å². The second kappa shape index (κ2) is 10.0. The van der Waals surface area contributed by atoms with E-state index < -0.39 is 11.9 Å². The summed E-state index contributed by atoms with van der Waals surface area (Å²) in [5.41, 5.74) is 7.34. The molecule has 0 heterocycles. The number of benzene rings is 1. The quantitative estimate of drug-likeness (QED) is 0.494. The Kier molecular flexibility index (Phi) is 7.42. The minimum Gasteiger partial charge on any atom is -0.487 e. The smallest absolute Gasteiger partial charge is 0.409 e. The molecule has 7 nitrogen and oxygen atoms in total. The van der Waals surface area contributed by atoms with Crippen LogP contribution in [0, 0.1) is 11.7 Å². The van der Waals surface area contributed by atoms with Crippen LogP contribution >= 0.6 is 0 Å². The number of likely N-dealkylation sites (N-methyl/N-ethyl adjacent to an activating group) is 1. The second-order valence-corrected chi connectivity index (χ2v) is 8.37. The third-order valence-corrected chi connectivity index (χ3v) is 5.70. The van der Waals surface area contributed by atoms with Gasteiger partial charge < -0.3 is 25.1 Å². The summed E-state index contributed by atoms with van der Waals surface area (Å²) in [7, 11) is 3.31. The molecule has 2 aliphatic rings. The topological polar surface area (TPSA) is 94.0 Å². The predicted molar refractivity (Wildman–Crippen MR) is 114 cm³/mol. The lowest BCUT2D eigenvalue weighted by molar-refractivity contribution is 0.112. The Morgan fingerprint density at radius 3 is 2.47 bits per heavy atom. The lowest BCUT2D eigenvalue weighted by Crippen LogP contribution is -2.34. The van der Waals surface area contributed by atoms with Crippen LogP contribution in [0.4, 0.5) is 9.18 Å². The zero-order valence-electron chi connectivity index (χ0n) is 17.9. The van der Waals surface area contributed by atoms with Crippen molar-refractivity contribution in [2.24, 2.45) is 17.5 Å². The maximum atomic E-state index is 14.6. The number of nitrogens with two attached hydrogens (primary N) is 2. The van der Waals surface area contributed by atoms with Crippen molar-refractivity contribution < 1.29 is 18.7 Å². The molecule has 0 atom stereocenters. The Morgan fingerprint density at radius 1 is 1.17 bits per heavy atom. The number of carbonyl (C=O) groups is 1. The summed E-state index contributed by atoms with van der Waals surface area (Å²) < 4.78 is 25.8. The van der Waals surface area contributed by atoms with E-state index in [1.165, 1.54) is 17.5 Å². The van der Waals surface area contributed by atoms with Gasteiger partial charge >= 0.3 is 6.09 Å². The molecule has 0 unspecified atom stereocenters. The summed E-state index contributed by atoms with van der Waals surface area (Å²) in [5, 5.41) is 1.29. The van der Waals surface area contributed by atoms with Gasteiger partial charge in [-0.05, 0) is 62.6 Å². The van der Waals surface area contributed by atoms with Crippen molar-refractivity contribution in [2.75, 3.05) is 27.2 Å². The van der Waals surface area contributed by atoms with Gasteiger partial charge in [-0.1, -0.05) is 6.42 Å². The highest BCUT2D eigenvalue weighted by molar-refractivity contribution is 5.69. The second-order valence-electron chi connectivity index (χ2n) is 8.37. The van der Waals surface area contributed by atoms with Crippen molar-refractivity contribution in [3.05, 3.63) is 35.3 Å². The first-order valence-corrected chi connectivity index (χ1v) is 10.7. The molecule has 3 rings (SSSR count). The zero-order chi connectivity index (χ0) is 21.7. The highest BCUT2D eigenvalue weighted by atomic mass is 19.1. The van der Waals surface area contributed by atoms with Crippen molar-refractivity contribution in [1.82, 2.24) is 9.91 Å². The number of amides is 1. The number of hydrazine groups is 1. The molecule has 0 spiro atoms. The van der Waals surface area contributed by atoms with Crippen molar-refractivity contribution >= 4 is 11.8 Å². The minimum atomic E-state index is -0.471. The monoisotopic (exact) mass is 420 g/mol. The molecule has 1 aromatic carbocycles. The molecule has 4 N–H and O–H groups in total. The van der Waals surface area contributed by atoms with E-state index >= 15 is 0 Å². The first kappa shape index (κ1) is 22.2. The standard InChI is InChI=1S/C22H33FN4O3/c1-26(13-15-8-9-15)22(28)29-14-19(27(2)25)21(24)16-10-11-20(18(23)12-16)30-17-6-4-3-5-7-17/h10-12,15,17H,3-9,13-14,24-25H2,1-2H3/b21-19-. The molecule has 30 heavy (non-hydrogen) atoms. The average Bonchev–Trinajstić information content (AvgIpc) is 3.53. The Balaban J connectivity index is 1.67. The van der Waals surface area contributed by atoms with Crippen LogP contribution < -0.4 is 16.3 Å². The molecule has 1 aromatic rings. The van der Waals surface area contributed by atoms with Crippen LogP contribution in [0.25, 0.3) is 5.70 Å². The van der Waals surface area contributed by atoms with Crippen LogP contribution in [0.5, 0.6) is 5.75 Å². The van der Waals surface area contributed by atoms with Gasteiger partial charge in [0, 0.05) is 26.2 Å². The fraction of sp³-hybridized carbons (Fsp3) is 0.591. The van der Waals surface area contributed by atoms with Gasteiger partial charge in [-0.2, -0.15) is 0 Å². The number of rotatable bonds is 8. The normalized spacial score (nSPS) is 17.9. The van der Waals surface area contributed by atoms with E-state index in [1.807, 2.05) is 0 Å². The van der Waals surface area contributed by atoms with Gasteiger partial charge in [-0.15, -0.1) is 0 Å². The first-order chi connectivity index (χ1) is 14.3. The Hall–Kier alpha value is -2.48. The SMILES string of the molecule is CN(CC1CC1)C(=O)OC/C(=C(/N)c1ccc(OC2CCCCC2)c(F)c1)N(C)N. The lowest BCUT2D eigenvalue weighted by atomic mass is 9.98. The van der Waals surface area contributed by atoms with Gasteiger partial charge in [-0.25, -0.2) is 15.0 Å². The van der Waals surface area contributed by atoms with E-state index in [-0.39, 0.29) is 24.2 Å². The van der Waals surface area contributed by atoms with Gasteiger partial charge in [0.2, 0.25) is 0 Å². The largest absolute Gasteiger partial charge is 0.487 e. The molecule has 8 heteroatoms. The van der Waals surface area contributed by atoms with Gasteiger partial charge in [0.05, 0.1) is 17.5 Å². The average molecular weight is 421 g/mol. The maximum absolute atomic E-state index is 14.6. The van der Waals surface area contributed by atoms with Crippen LogP contribution in [0.3, 0.4) is 0 Å². The van der Waals surface area contributed by atoms with Crippen molar-refractivity contribution in [2.45, 2.75) is 51.0 Å². The molecule has 166 valence electrons. The first-order valence-electron chi connectivity index (χ1n) is 10.7. The van der Waals surface area contributed by atoms with Crippen LogP contribution in [-0.4, -0.2) is 49.4 Å². The van der Waals surface area contributed by atoms with Crippen molar-refractivity contribution in [3.63, 3.8) is 0 Å². The van der Waals surface area contributed by atoms with E-state index in [1.54, 1.807) is 31.1 Å². The number of hydrogen-bond donors (Lipinski definition) is 2. The summed E-state index contributed by atoms with van der Waals surface area (Å²) in [6.45, 7) is 0.577. The number of nitrogens with zero attached hydrogens (tertiary/aromatic N) is 2. The molecule has 0 radical (unpaired) electrons. The summed E-state index contributed by atoms with van der Waals surface area (Å²) in [5.74, 6) is 6.22. The fourth-order valence-corrected chi connectivity index (χ4v) is 3.67. The third-order valence-electron chi connectivity index (χ3n) is 5.70. The highest BCUT2D eigenvalue weighted by Crippen LogP contribution is 2.30. The summed E-state index contributed by atoms with van der Waals surface area (Å²) >= 11 is 0. The van der Waals surface area contributed by atoms with Gasteiger partial charge in [0.15, 0.2) is 11.6 Å². The molecular weight excluding hydrogens is 387 g/mol. The third kappa shape index (κ3) is 6.01. The molecule has 0 saturated heterocycles. The number of hydrogen-bond acceptors (Lipinski definition) is 6. The molecule has 2 aliphatic carbocycles. The molecular formula is C22H33FN4O3. The molecule has 2 fully saturated rings. The van der Waals surface area contributed by atoms with Crippen molar-refractivity contribution in [3.8, 4) is 5.75 Å². The summed E-state index contributed by atoms with van der Waals surface area (Å²) in [4.78, 5) is 13.7. The molecule has 0 aromatic heterocycles. The van der Waals surface area contributed by atoms with Crippen LogP contribution in [0.2, 0.25) is 0 Å². The molecule has 1 amide bonds. The number of ether oxygens (including phenoxy) is 2. The Bertz CT molecular complexity index is 774. The van der Waals surface area contributed by atoms with Gasteiger partial charge in [-0.3, -0.25) is 0 Å². The van der Waals surface area contributed by atoms with E-state index in [2.05, 4.69) is 0 Å². The van der Waals surface area contributed by atoms with Crippen LogP contribution in [-0.2, 0) is 4.74 Å². The Morgan fingerprint density at radius 2 is 1.87 bits per heavy atom. The van der Waals surface area contributed by atoms with Crippen LogP contribution in [0.1, 0.15) is 50.5 Å². The predicted octanol–water partition coefficient (Wildman–Crippen LogP) is 3.45. The number of halogens is 1. The number of carbonyl (C=O) groups excluding carboxylic acids is 1. The van der Waals surface area contributed by atoms with E-state index in [0.717, 1.165) is 38.5 Å². The summed E-state index contributed by atoms with van der Waals surface area (Å²) in [6.07, 6.45) is 7.25. The Labute approximate surface area is 177 Å². The van der Waals surface area contributed by atoms with Crippen molar-refractivity contribution in [1.29, 1.82) is 0 Å². The van der Waals surface area contributed by atoms with Crippen LogP contribution in [0.15, 0.2) is 23.9 Å². The lowest BCUT2D eigenvalue weighted by Gasteiger charge is -2.24. The van der Waals surface area contributed by atoms with Gasteiger partial charge in [0.1, 0.15) is 6.61 Å². The van der Waals surface area contributed by atoms with E-state index in [0.29, 0.717) is 23.7 Å². The molecule has 0 bridgehead atoms. The fourth-order valence-electron chi connectivity index (χ4n) is 3.67. The van der Waals surface area contributed by atoms with E-state index in [4.69, 9.17) is 21.1 Å². The zero-order valence-corrected chi connectivity index (χ0v) is 17.9. The molecule has 2 saturated carbocycles. The molecule has 0 aliphatic heterocycles. The maximum Gasteiger partial charge on any atom is 0.409 e. The van der Waals surface area contributed by atoms with E-state index in [9.17, 15) is 9.18 Å². The summed E-state index contributed by atoms with van der Waals surface area (Å²) in [6, 6.07) is 4.62.